The molecule has 2 unspecified atom stereocenters. The molecule has 0 saturated heterocycles. The molecule has 2 aromatic rings. The number of hydrogen-bond acceptors (Lipinski definition) is 7. The Morgan fingerprint density at radius 2 is 1.63 bits per heavy atom. The van der Waals surface area contributed by atoms with Gasteiger partial charge in [0.1, 0.15) is 0 Å². The maximum Gasteiger partial charge on any atom is 0.321 e. The van der Waals surface area contributed by atoms with Gasteiger partial charge in [-0.3, -0.25) is 4.79 Å². The molecule has 1 aliphatic heterocycles. The second kappa shape index (κ2) is 9.06. The predicted molar refractivity (Wildman–Crippen MR) is 98.3 cm³/mol. The standard InChI is InChI=1S/C17H20N8O.ClH/c1-12(26)18-13-4-6-14(7-5-13)19-15-8-10-16(11-9-15)20-21-17-24(2)22-23-25(17)3;/h4-11,17,19H,1-3H3,(H,18,26);1H. The number of carbonyl (C=O) groups is 1. The summed E-state index contributed by atoms with van der Waals surface area (Å²) in [5.41, 5.74) is 3.38. The van der Waals surface area contributed by atoms with Crippen molar-refractivity contribution in [2.24, 2.45) is 20.7 Å². The molecule has 0 radical (unpaired) electrons. The van der Waals surface area contributed by atoms with E-state index in [2.05, 4.69) is 31.3 Å². The van der Waals surface area contributed by atoms with Gasteiger partial charge in [-0.2, -0.15) is 0 Å². The van der Waals surface area contributed by atoms with Crippen molar-refractivity contribution >= 4 is 28.7 Å². The number of azo groups is 1. The van der Waals surface area contributed by atoms with Crippen LogP contribution in [0.2, 0.25) is 0 Å². The lowest BCUT2D eigenvalue weighted by Crippen LogP contribution is -3.07. The van der Waals surface area contributed by atoms with Crippen molar-refractivity contribution < 1.29 is 22.2 Å². The van der Waals surface area contributed by atoms with Gasteiger partial charge >= 0.3 is 6.29 Å². The van der Waals surface area contributed by atoms with Crippen LogP contribution in [0.15, 0.2) is 69.2 Å². The van der Waals surface area contributed by atoms with E-state index in [1.165, 1.54) is 6.92 Å². The summed E-state index contributed by atoms with van der Waals surface area (Å²) in [6.45, 7) is 1.48. The predicted octanol–water partition coefficient (Wildman–Crippen LogP) is -0.498. The Bertz CT molecular complexity index is 810. The van der Waals surface area contributed by atoms with E-state index in [4.69, 9.17) is 0 Å². The Morgan fingerprint density at radius 1 is 1.07 bits per heavy atom. The van der Waals surface area contributed by atoms with Crippen molar-refractivity contribution in [2.75, 3.05) is 24.7 Å². The highest BCUT2D eigenvalue weighted by Gasteiger charge is 2.28. The molecule has 1 amide bonds. The Morgan fingerprint density at radius 3 is 2.15 bits per heavy atom. The van der Waals surface area contributed by atoms with E-state index in [1.807, 2.05) is 62.6 Å². The zero-order chi connectivity index (χ0) is 18.5. The Labute approximate surface area is 163 Å². The summed E-state index contributed by atoms with van der Waals surface area (Å²) in [5, 5.41) is 24.9. The highest BCUT2D eigenvalue weighted by atomic mass is 35.5. The molecule has 9 nitrogen and oxygen atoms in total. The number of halogens is 1. The summed E-state index contributed by atoms with van der Waals surface area (Å²) < 4.78 is 0. The lowest BCUT2D eigenvalue weighted by atomic mass is 10.2. The quantitative estimate of drug-likeness (QED) is 0.602. The van der Waals surface area contributed by atoms with Crippen LogP contribution in [0.5, 0.6) is 0 Å². The van der Waals surface area contributed by atoms with Crippen molar-refractivity contribution in [3.8, 4) is 0 Å². The molecule has 1 aliphatic rings. The molecule has 10 heteroatoms. The second-order valence-corrected chi connectivity index (χ2v) is 5.92. The Balaban J connectivity index is 0.00000261. The van der Waals surface area contributed by atoms with Crippen molar-refractivity contribution in [1.29, 1.82) is 0 Å². The fourth-order valence-corrected chi connectivity index (χ4v) is 2.41. The normalized spacial score (nSPS) is 18.4. The van der Waals surface area contributed by atoms with Gasteiger partial charge in [0.05, 0.1) is 12.7 Å². The van der Waals surface area contributed by atoms with Gasteiger partial charge in [-0.05, 0) is 53.8 Å². The van der Waals surface area contributed by atoms with E-state index >= 15 is 0 Å². The Kier molecular flexibility index (Phi) is 6.80. The van der Waals surface area contributed by atoms with Crippen molar-refractivity contribution in [3.63, 3.8) is 0 Å². The van der Waals surface area contributed by atoms with E-state index in [0.29, 0.717) is 0 Å². The fourth-order valence-electron chi connectivity index (χ4n) is 2.41. The molecule has 27 heavy (non-hydrogen) atoms. The van der Waals surface area contributed by atoms with Crippen molar-refractivity contribution in [2.45, 2.75) is 13.2 Å². The lowest BCUT2D eigenvalue weighted by molar-refractivity contribution is -0.915. The van der Waals surface area contributed by atoms with Gasteiger partial charge in [0, 0.05) is 36.3 Å². The van der Waals surface area contributed by atoms with Gasteiger partial charge in [-0.1, -0.05) is 0 Å². The van der Waals surface area contributed by atoms with Crippen LogP contribution in [-0.4, -0.2) is 31.3 Å². The number of quaternary nitrogens is 1. The first-order valence-electron chi connectivity index (χ1n) is 8.15. The molecule has 2 aromatic carbocycles. The third-order valence-electron chi connectivity index (χ3n) is 3.71. The van der Waals surface area contributed by atoms with Gasteiger partial charge in [-0.25, -0.2) is 5.01 Å². The van der Waals surface area contributed by atoms with E-state index in [-0.39, 0.29) is 24.6 Å². The number of carbonyl (C=O) groups excluding carboxylic acids is 1. The molecule has 142 valence electrons. The van der Waals surface area contributed by atoms with Crippen molar-refractivity contribution in [1.82, 2.24) is 5.01 Å². The molecule has 0 fully saturated rings. The molecule has 0 saturated carbocycles. The summed E-state index contributed by atoms with van der Waals surface area (Å²) in [6, 6.07) is 15.1. The smallest absolute Gasteiger partial charge is 0.321 e. The summed E-state index contributed by atoms with van der Waals surface area (Å²) in [6.07, 6.45) is -0.241. The third-order valence-corrected chi connectivity index (χ3v) is 3.71. The molecule has 3 rings (SSSR count). The fraction of sp³-hybridized carbons (Fsp3) is 0.235. The maximum atomic E-state index is 11.0. The van der Waals surface area contributed by atoms with Crippen LogP contribution in [0.1, 0.15) is 6.92 Å². The molecular formula is C17H21ClN8O. The second-order valence-electron chi connectivity index (χ2n) is 5.92. The van der Waals surface area contributed by atoms with Crippen LogP contribution in [0, 0.1) is 0 Å². The lowest BCUT2D eigenvalue weighted by Gasteiger charge is -2.11. The van der Waals surface area contributed by atoms with Gasteiger partial charge in [0.15, 0.2) is 0 Å². The van der Waals surface area contributed by atoms with Crippen LogP contribution in [0.4, 0.5) is 22.7 Å². The van der Waals surface area contributed by atoms with Gasteiger partial charge < -0.3 is 23.0 Å². The molecular weight excluding hydrogens is 368 g/mol. The summed E-state index contributed by atoms with van der Waals surface area (Å²) in [4.78, 5) is 11.0. The number of benzene rings is 2. The molecule has 0 aliphatic carbocycles. The van der Waals surface area contributed by atoms with Crippen LogP contribution in [0.3, 0.4) is 0 Å². The van der Waals surface area contributed by atoms with E-state index < -0.39 is 0 Å². The summed E-state index contributed by atoms with van der Waals surface area (Å²) in [7, 11) is 3.69. The van der Waals surface area contributed by atoms with E-state index in [0.717, 1.165) is 27.8 Å². The highest BCUT2D eigenvalue weighted by Crippen LogP contribution is 2.22. The van der Waals surface area contributed by atoms with Gasteiger partial charge in [-0.15, -0.1) is 15.2 Å². The first kappa shape index (κ1) is 20.3. The van der Waals surface area contributed by atoms with Crippen LogP contribution < -0.4 is 28.0 Å². The molecule has 0 aromatic heterocycles. The number of nitrogens with one attached hydrogen (secondary N) is 3. The largest absolute Gasteiger partial charge is 1.00 e. The minimum atomic E-state index is -0.241. The molecule has 0 bridgehead atoms. The van der Waals surface area contributed by atoms with Crippen molar-refractivity contribution in [3.05, 3.63) is 48.5 Å². The Hall–Kier alpha value is -3.04. The van der Waals surface area contributed by atoms with Gasteiger partial charge in [0.2, 0.25) is 5.91 Å². The van der Waals surface area contributed by atoms with Crippen LogP contribution in [-0.2, 0) is 4.79 Å². The molecule has 2 atom stereocenters. The zero-order valence-electron chi connectivity index (χ0n) is 15.2. The highest BCUT2D eigenvalue weighted by molar-refractivity contribution is 5.88. The maximum absolute atomic E-state index is 11.0. The first-order valence-corrected chi connectivity index (χ1v) is 8.15. The average Bonchev–Trinajstić information content (AvgIpc) is 2.94. The number of amides is 1. The molecule has 0 spiro atoms. The SMILES string of the molecule is CC(=O)Nc1ccc(Nc2ccc(N=NC3N(C)N=N[NH+]3C)cc2)cc1.[Cl-]. The number of anilines is 3. The van der Waals surface area contributed by atoms with Crippen LogP contribution in [0.25, 0.3) is 0 Å². The third kappa shape index (κ3) is 5.47. The zero-order valence-corrected chi connectivity index (χ0v) is 16.0. The average molecular weight is 389 g/mol. The first-order chi connectivity index (χ1) is 12.5. The van der Waals surface area contributed by atoms with E-state index in [1.54, 1.807) is 5.01 Å². The summed E-state index contributed by atoms with van der Waals surface area (Å²) in [5.74, 6) is -0.0885. The molecule has 3 N–H and O–H groups in total. The number of nitrogens with zero attached hydrogens (tertiary/aromatic N) is 5. The topological polar surface area (TPSA) is 98.2 Å². The minimum absolute atomic E-state index is 0. The number of rotatable bonds is 5. The molecule has 1 heterocycles. The van der Waals surface area contributed by atoms with E-state index in [9.17, 15) is 4.79 Å². The van der Waals surface area contributed by atoms with Gasteiger partial charge in [0.25, 0.3) is 0 Å². The summed E-state index contributed by atoms with van der Waals surface area (Å²) >= 11 is 0. The monoisotopic (exact) mass is 388 g/mol. The van der Waals surface area contributed by atoms with Crippen LogP contribution >= 0.6 is 0 Å². The minimum Gasteiger partial charge on any atom is -1.00 e. The number of hydrogen-bond donors (Lipinski definition) is 3.